The molecular weight excluding hydrogens is 291 g/mol. The molecule has 4 N–H and O–H groups in total. The average molecular weight is 316 g/mol. The maximum atomic E-state index is 11.3. The summed E-state index contributed by atoms with van der Waals surface area (Å²) in [6.07, 6.45) is 0. The van der Waals surface area contributed by atoms with E-state index in [9.17, 15) is 24.6 Å². The first-order chi connectivity index (χ1) is 9.15. The summed E-state index contributed by atoms with van der Waals surface area (Å²) in [5.41, 5.74) is 0.384. The van der Waals surface area contributed by atoms with Gasteiger partial charge >= 0.3 is 7.60 Å². The molecule has 1 aromatic carbocycles. The topological polar surface area (TPSA) is 98.0 Å². The van der Waals surface area contributed by atoms with Gasteiger partial charge in [-0.2, -0.15) is 0 Å². The Morgan fingerprint density at radius 3 is 1.52 bits per heavy atom. The first-order valence-corrected chi connectivity index (χ1v) is 8.45. The molecule has 0 aliphatic heterocycles. The third kappa shape index (κ3) is 4.07. The van der Waals surface area contributed by atoms with Gasteiger partial charge in [0.15, 0.2) is 5.85 Å². The molecule has 0 aliphatic rings. The Labute approximate surface area is 125 Å². The Kier molecular flexibility index (Phi) is 4.67. The maximum Gasteiger partial charge on any atom is 0.358 e. The van der Waals surface area contributed by atoms with E-state index in [1.165, 1.54) is 12.1 Å². The third-order valence-corrected chi connectivity index (χ3v) is 4.30. The van der Waals surface area contributed by atoms with E-state index < -0.39 is 24.3 Å². The van der Waals surface area contributed by atoms with Crippen LogP contribution in [-0.4, -0.2) is 20.0 Å². The molecule has 0 radical (unpaired) electrons. The number of hydrogen-bond acceptors (Lipinski definition) is 3. The van der Waals surface area contributed by atoms with Crippen molar-refractivity contribution in [3.8, 4) is 5.75 Å². The smallest absolute Gasteiger partial charge is 0.358 e. The highest BCUT2D eigenvalue weighted by atomic mass is 31.2. The van der Waals surface area contributed by atoms with Crippen LogP contribution < -0.4 is 0 Å². The number of phenols is 1. The second-order valence-corrected chi connectivity index (χ2v) is 9.09. The van der Waals surface area contributed by atoms with Gasteiger partial charge in [0, 0.05) is 0 Å². The second-order valence-electron chi connectivity index (χ2n) is 7.43. The summed E-state index contributed by atoms with van der Waals surface area (Å²) >= 11 is 0. The molecule has 1 rings (SSSR count). The van der Waals surface area contributed by atoms with E-state index in [1.54, 1.807) is 0 Å². The zero-order valence-corrected chi connectivity index (χ0v) is 14.3. The van der Waals surface area contributed by atoms with Crippen molar-refractivity contribution in [2.75, 3.05) is 0 Å². The molecule has 1 atom stereocenters. The minimum absolute atomic E-state index is 0.108. The fourth-order valence-electron chi connectivity index (χ4n) is 2.14. The van der Waals surface area contributed by atoms with E-state index in [1.807, 2.05) is 41.5 Å². The lowest BCUT2D eigenvalue weighted by molar-refractivity contribution is 0.205. The highest BCUT2D eigenvalue weighted by Crippen LogP contribution is 2.52. The molecule has 5 nitrogen and oxygen atoms in total. The van der Waals surface area contributed by atoms with Gasteiger partial charge in [-0.05, 0) is 39.7 Å². The van der Waals surface area contributed by atoms with Crippen LogP contribution in [0, 0.1) is 0 Å². The normalized spacial score (nSPS) is 15.1. The molecule has 120 valence electrons. The predicted molar refractivity (Wildman–Crippen MR) is 82.5 cm³/mol. The standard InChI is InChI=1S/C15H25O5P/c1-14(2,3)10-7-9(13(17)21(18,19)20)8-11(12(10)16)15(4,5)6/h7-8,13,16-17H,1-6H3,(H2,18,19,20). The SMILES string of the molecule is CC(C)(C)c1cc(C(O)P(=O)(O)O)cc(C(C)(C)C)c1O. The highest BCUT2D eigenvalue weighted by molar-refractivity contribution is 7.51. The van der Waals surface area contributed by atoms with E-state index in [0.29, 0.717) is 11.1 Å². The Hall–Kier alpha value is -0.870. The monoisotopic (exact) mass is 316 g/mol. The van der Waals surface area contributed by atoms with E-state index in [0.717, 1.165) is 0 Å². The fourth-order valence-corrected chi connectivity index (χ4v) is 2.68. The van der Waals surface area contributed by atoms with Crippen LogP contribution in [0.15, 0.2) is 12.1 Å². The Morgan fingerprint density at radius 1 is 0.952 bits per heavy atom. The lowest BCUT2D eigenvalue weighted by atomic mass is 9.78. The number of rotatable bonds is 2. The number of hydrogen-bond donors (Lipinski definition) is 4. The molecular formula is C15H25O5P. The third-order valence-electron chi connectivity index (χ3n) is 3.37. The highest BCUT2D eigenvalue weighted by Gasteiger charge is 2.33. The molecule has 0 saturated carbocycles. The van der Waals surface area contributed by atoms with Crippen LogP contribution in [0.4, 0.5) is 0 Å². The van der Waals surface area contributed by atoms with Gasteiger partial charge in [-0.3, -0.25) is 4.57 Å². The molecule has 0 aromatic heterocycles. The summed E-state index contributed by atoms with van der Waals surface area (Å²) in [6, 6.07) is 2.93. The molecule has 0 amide bonds. The lowest BCUT2D eigenvalue weighted by Gasteiger charge is -2.29. The van der Waals surface area contributed by atoms with Crippen molar-refractivity contribution in [3.05, 3.63) is 28.8 Å². The molecule has 1 aromatic rings. The van der Waals surface area contributed by atoms with Gasteiger partial charge in [-0.25, -0.2) is 0 Å². The zero-order valence-electron chi connectivity index (χ0n) is 13.4. The number of aromatic hydroxyl groups is 1. The molecule has 0 bridgehead atoms. The van der Waals surface area contributed by atoms with Gasteiger partial charge in [0.05, 0.1) is 0 Å². The summed E-state index contributed by atoms with van der Waals surface area (Å²) in [5, 5.41) is 20.4. The zero-order chi connectivity index (χ0) is 16.8. The quantitative estimate of drug-likeness (QED) is 0.628. The van der Waals surface area contributed by atoms with Crippen LogP contribution >= 0.6 is 7.60 Å². The van der Waals surface area contributed by atoms with Gasteiger partial charge in [-0.1, -0.05) is 41.5 Å². The minimum Gasteiger partial charge on any atom is -0.507 e. The lowest BCUT2D eigenvalue weighted by Crippen LogP contribution is -2.18. The predicted octanol–water partition coefficient (Wildman–Crippen LogP) is 3.16. The van der Waals surface area contributed by atoms with Crippen molar-refractivity contribution >= 4 is 7.60 Å². The molecule has 0 fully saturated rings. The average Bonchev–Trinajstić information content (AvgIpc) is 2.23. The summed E-state index contributed by atoms with van der Waals surface area (Å²) < 4.78 is 11.3. The van der Waals surface area contributed by atoms with Crippen molar-refractivity contribution < 1.29 is 24.6 Å². The minimum atomic E-state index is -4.66. The first-order valence-electron chi connectivity index (χ1n) is 6.77. The van der Waals surface area contributed by atoms with Crippen LogP contribution in [-0.2, 0) is 15.4 Å². The van der Waals surface area contributed by atoms with Gasteiger partial charge in [0.25, 0.3) is 0 Å². The van der Waals surface area contributed by atoms with E-state index in [-0.39, 0.29) is 11.3 Å². The molecule has 1 unspecified atom stereocenters. The molecule has 0 saturated heterocycles. The van der Waals surface area contributed by atoms with Crippen LogP contribution in [0.5, 0.6) is 5.75 Å². The van der Waals surface area contributed by atoms with Crippen molar-refractivity contribution in [1.82, 2.24) is 0 Å². The van der Waals surface area contributed by atoms with Crippen molar-refractivity contribution in [2.24, 2.45) is 0 Å². The number of aliphatic hydroxyl groups excluding tert-OH is 1. The summed E-state index contributed by atoms with van der Waals surface area (Å²) in [5.74, 6) is -1.78. The van der Waals surface area contributed by atoms with E-state index in [4.69, 9.17) is 0 Å². The largest absolute Gasteiger partial charge is 0.507 e. The van der Waals surface area contributed by atoms with E-state index >= 15 is 0 Å². The molecule has 21 heavy (non-hydrogen) atoms. The number of benzene rings is 1. The summed E-state index contributed by atoms with van der Waals surface area (Å²) in [6.45, 7) is 11.3. The summed E-state index contributed by atoms with van der Waals surface area (Å²) in [7, 11) is -4.66. The van der Waals surface area contributed by atoms with Crippen LogP contribution in [0.25, 0.3) is 0 Å². The Morgan fingerprint density at radius 2 is 1.29 bits per heavy atom. The van der Waals surface area contributed by atoms with Crippen LogP contribution in [0.3, 0.4) is 0 Å². The second kappa shape index (κ2) is 5.40. The van der Waals surface area contributed by atoms with Crippen LogP contribution in [0.1, 0.15) is 64.1 Å². The Balaban J connectivity index is 3.67. The fraction of sp³-hybridized carbons (Fsp3) is 0.600. The van der Waals surface area contributed by atoms with Gasteiger partial charge in [-0.15, -0.1) is 0 Å². The molecule has 0 aliphatic carbocycles. The van der Waals surface area contributed by atoms with E-state index in [2.05, 4.69) is 0 Å². The van der Waals surface area contributed by atoms with Crippen molar-refractivity contribution in [2.45, 2.75) is 58.2 Å². The van der Waals surface area contributed by atoms with Gasteiger partial charge in [0.1, 0.15) is 5.75 Å². The van der Waals surface area contributed by atoms with Crippen molar-refractivity contribution in [1.29, 1.82) is 0 Å². The number of aliphatic hydroxyl groups is 1. The van der Waals surface area contributed by atoms with Crippen molar-refractivity contribution in [3.63, 3.8) is 0 Å². The van der Waals surface area contributed by atoms with Gasteiger partial charge in [0.2, 0.25) is 0 Å². The molecule has 0 heterocycles. The summed E-state index contributed by atoms with van der Waals surface area (Å²) in [4.78, 5) is 18.4. The Bertz CT molecular complexity index is 540. The van der Waals surface area contributed by atoms with Crippen LogP contribution in [0.2, 0.25) is 0 Å². The maximum absolute atomic E-state index is 11.3. The number of phenolic OH excluding ortho intramolecular Hbond substituents is 1. The van der Waals surface area contributed by atoms with Gasteiger partial charge < -0.3 is 20.0 Å². The molecule has 0 spiro atoms. The first kappa shape index (κ1) is 18.2. The molecule has 6 heteroatoms.